The van der Waals surface area contributed by atoms with Gasteiger partial charge in [-0.1, -0.05) is 27.5 Å². The molecule has 0 spiro atoms. The molecule has 0 radical (unpaired) electrons. The predicted octanol–water partition coefficient (Wildman–Crippen LogP) is 4.40. The Hall–Kier alpha value is -1.79. The highest BCUT2D eigenvalue weighted by atomic mass is 79.9. The summed E-state index contributed by atoms with van der Waals surface area (Å²) in [6.07, 6.45) is 0. The lowest BCUT2D eigenvalue weighted by molar-refractivity contribution is 0.0598. The minimum atomic E-state index is -0.658. The van der Waals surface area contributed by atoms with Crippen LogP contribution < -0.4 is 10.5 Å². The minimum absolute atomic E-state index is 0.0511. The molecule has 7 heteroatoms. The predicted molar refractivity (Wildman–Crippen MR) is 81.4 cm³/mol. The topological polar surface area (TPSA) is 61.5 Å². The van der Waals surface area contributed by atoms with E-state index < -0.39 is 11.8 Å². The van der Waals surface area contributed by atoms with Crippen molar-refractivity contribution in [3.8, 4) is 11.5 Å². The Balaban J connectivity index is 2.50. The van der Waals surface area contributed by atoms with Crippen LogP contribution in [0.5, 0.6) is 11.5 Å². The van der Waals surface area contributed by atoms with Gasteiger partial charge in [0.15, 0.2) is 5.75 Å². The number of hydrogen-bond acceptors (Lipinski definition) is 4. The quantitative estimate of drug-likeness (QED) is 0.639. The van der Waals surface area contributed by atoms with Crippen LogP contribution >= 0.6 is 27.5 Å². The largest absolute Gasteiger partial charge is 0.465 e. The minimum Gasteiger partial charge on any atom is -0.465 e. The van der Waals surface area contributed by atoms with Crippen molar-refractivity contribution in [3.63, 3.8) is 0 Å². The second kappa shape index (κ2) is 6.32. The molecule has 0 bridgehead atoms. The molecule has 110 valence electrons. The molecule has 21 heavy (non-hydrogen) atoms. The van der Waals surface area contributed by atoms with E-state index in [0.29, 0.717) is 4.47 Å². The van der Waals surface area contributed by atoms with Crippen LogP contribution in [0.25, 0.3) is 0 Å². The molecule has 4 nitrogen and oxygen atoms in total. The summed E-state index contributed by atoms with van der Waals surface area (Å²) in [7, 11) is 1.22. The Bertz CT molecular complexity index is 689. The SMILES string of the molecule is COC(=O)c1cc(N)cc(Cl)c1Oc1cc(F)cc(Br)c1. The number of hydrogen-bond donors (Lipinski definition) is 1. The Morgan fingerprint density at radius 1 is 1.29 bits per heavy atom. The Labute approximate surface area is 133 Å². The molecule has 0 aliphatic rings. The van der Waals surface area contributed by atoms with Crippen LogP contribution in [0.2, 0.25) is 5.02 Å². The van der Waals surface area contributed by atoms with Crippen molar-refractivity contribution in [3.05, 3.63) is 51.2 Å². The van der Waals surface area contributed by atoms with Gasteiger partial charge in [0.2, 0.25) is 0 Å². The van der Waals surface area contributed by atoms with Crippen LogP contribution in [0, 0.1) is 5.82 Å². The summed E-state index contributed by atoms with van der Waals surface area (Å²) in [5, 5.41) is 0.121. The number of carbonyl (C=O) groups is 1. The molecule has 0 fully saturated rings. The molecule has 2 aromatic carbocycles. The highest BCUT2D eigenvalue weighted by Gasteiger charge is 2.19. The van der Waals surface area contributed by atoms with Crippen molar-refractivity contribution in [2.45, 2.75) is 0 Å². The van der Waals surface area contributed by atoms with Crippen LogP contribution in [0.1, 0.15) is 10.4 Å². The van der Waals surface area contributed by atoms with Crippen molar-refractivity contribution in [1.82, 2.24) is 0 Å². The number of halogens is 3. The van der Waals surface area contributed by atoms with Crippen LogP contribution in [-0.2, 0) is 4.74 Å². The van der Waals surface area contributed by atoms with Crippen molar-refractivity contribution in [1.29, 1.82) is 0 Å². The standard InChI is InChI=1S/C14H10BrClFNO3/c1-20-14(19)11-5-9(18)6-12(16)13(11)21-10-3-7(15)2-8(17)4-10/h2-6H,18H2,1H3. The number of methoxy groups -OCH3 is 1. The third-order valence-electron chi connectivity index (χ3n) is 2.53. The molecular weight excluding hydrogens is 365 g/mol. The fraction of sp³-hybridized carbons (Fsp3) is 0.0714. The van der Waals surface area contributed by atoms with Gasteiger partial charge in [-0.3, -0.25) is 0 Å². The van der Waals surface area contributed by atoms with Gasteiger partial charge < -0.3 is 15.2 Å². The smallest absolute Gasteiger partial charge is 0.341 e. The summed E-state index contributed by atoms with van der Waals surface area (Å²) >= 11 is 9.20. The Morgan fingerprint density at radius 2 is 2.00 bits per heavy atom. The van der Waals surface area contributed by atoms with Crippen LogP contribution in [-0.4, -0.2) is 13.1 Å². The molecule has 2 aromatic rings. The lowest BCUT2D eigenvalue weighted by Gasteiger charge is -2.13. The van der Waals surface area contributed by atoms with E-state index in [9.17, 15) is 9.18 Å². The van der Waals surface area contributed by atoms with E-state index in [4.69, 9.17) is 22.1 Å². The molecule has 0 saturated carbocycles. The fourth-order valence-corrected chi connectivity index (χ4v) is 2.40. The van der Waals surface area contributed by atoms with Crippen molar-refractivity contribution >= 4 is 39.2 Å². The first-order chi connectivity index (χ1) is 9.90. The lowest BCUT2D eigenvalue weighted by Crippen LogP contribution is -2.05. The maximum atomic E-state index is 13.4. The number of nitrogen functional groups attached to an aromatic ring is 1. The maximum absolute atomic E-state index is 13.4. The lowest BCUT2D eigenvalue weighted by atomic mass is 10.1. The van der Waals surface area contributed by atoms with Crippen molar-refractivity contribution in [2.75, 3.05) is 12.8 Å². The zero-order valence-corrected chi connectivity index (χ0v) is 13.2. The number of esters is 1. The van der Waals surface area contributed by atoms with E-state index in [1.807, 2.05) is 0 Å². The number of carbonyl (C=O) groups excluding carboxylic acids is 1. The highest BCUT2D eigenvalue weighted by Crippen LogP contribution is 2.36. The van der Waals surface area contributed by atoms with Crippen molar-refractivity contribution < 1.29 is 18.7 Å². The molecule has 2 rings (SSSR count). The molecular formula is C14H10BrClFNO3. The number of rotatable bonds is 3. The monoisotopic (exact) mass is 373 g/mol. The normalized spacial score (nSPS) is 10.3. The summed E-state index contributed by atoms with van der Waals surface area (Å²) in [6.45, 7) is 0. The van der Waals surface area contributed by atoms with Gasteiger partial charge in [0.05, 0.1) is 12.1 Å². The number of benzene rings is 2. The molecule has 0 saturated heterocycles. The Kier molecular flexibility index (Phi) is 4.69. The first-order valence-corrected chi connectivity index (χ1v) is 6.89. The number of anilines is 1. The second-order valence-corrected chi connectivity index (χ2v) is 5.40. The van der Waals surface area contributed by atoms with Crippen molar-refractivity contribution in [2.24, 2.45) is 0 Å². The molecule has 0 unspecified atom stereocenters. The van der Waals surface area contributed by atoms with E-state index in [1.54, 1.807) is 0 Å². The average Bonchev–Trinajstić information content (AvgIpc) is 2.39. The first-order valence-electron chi connectivity index (χ1n) is 5.72. The summed E-state index contributed by atoms with van der Waals surface area (Å²) in [5.41, 5.74) is 5.99. The van der Waals surface area contributed by atoms with E-state index in [2.05, 4.69) is 20.7 Å². The van der Waals surface area contributed by atoms with E-state index >= 15 is 0 Å². The van der Waals surface area contributed by atoms with Gasteiger partial charge in [-0.05, 0) is 24.3 Å². The van der Waals surface area contributed by atoms with Gasteiger partial charge in [0.1, 0.15) is 17.1 Å². The summed E-state index contributed by atoms with van der Waals surface area (Å²) in [4.78, 5) is 11.8. The average molecular weight is 375 g/mol. The third kappa shape index (κ3) is 3.65. The first kappa shape index (κ1) is 15.6. The number of nitrogens with two attached hydrogens (primary N) is 1. The van der Waals surface area contributed by atoms with Gasteiger partial charge in [-0.2, -0.15) is 0 Å². The van der Waals surface area contributed by atoms with Gasteiger partial charge in [-0.15, -0.1) is 0 Å². The second-order valence-electron chi connectivity index (χ2n) is 4.08. The van der Waals surface area contributed by atoms with Gasteiger partial charge in [0.25, 0.3) is 0 Å². The summed E-state index contributed by atoms with van der Waals surface area (Å²) in [6, 6.07) is 6.78. The van der Waals surface area contributed by atoms with E-state index in [0.717, 1.165) is 0 Å². The van der Waals surface area contributed by atoms with Gasteiger partial charge in [-0.25, -0.2) is 9.18 Å². The highest BCUT2D eigenvalue weighted by molar-refractivity contribution is 9.10. The van der Waals surface area contributed by atoms with Crippen LogP contribution in [0.4, 0.5) is 10.1 Å². The molecule has 2 N–H and O–H groups in total. The fourth-order valence-electron chi connectivity index (χ4n) is 1.69. The van der Waals surface area contributed by atoms with Gasteiger partial charge in [0, 0.05) is 16.2 Å². The molecule has 0 amide bonds. The maximum Gasteiger partial charge on any atom is 0.341 e. The van der Waals surface area contributed by atoms with E-state index in [1.165, 1.54) is 37.4 Å². The Morgan fingerprint density at radius 3 is 2.62 bits per heavy atom. The van der Waals surface area contributed by atoms with Crippen LogP contribution in [0.15, 0.2) is 34.8 Å². The third-order valence-corrected chi connectivity index (χ3v) is 3.27. The van der Waals surface area contributed by atoms with E-state index in [-0.39, 0.29) is 27.8 Å². The molecule has 0 atom stereocenters. The summed E-state index contributed by atoms with van der Waals surface area (Å²) < 4.78 is 24.0. The molecule has 0 heterocycles. The molecule has 0 aliphatic carbocycles. The molecule has 0 aromatic heterocycles. The summed E-state index contributed by atoms with van der Waals surface area (Å²) in [5.74, 6) is -0.922. The number of ether oxygens (including phenoxy) is 2. The zero-order chi connectivity index (χ0) is 15.6. The zero-order valence-electron chi connectivity index (χ0n) is 10.8. The van der Waals surface area contributed by atoms with Gasteiger partial charge >= 0.3 is 5.97 Å². The van der Waals surface area contributed by atoms with Crippen LogP contribution in [0.3, 0.4) is 0 Å². The molecule has 0 aliphatic heterocycles.